The van der Waals surface area contributed by atoms with Crippen LogP contribution in [0.4, 0.5) is 5.13 Å². The number of nitrogens with zero attached hydrogens (tertiary/aromatic N) is 3. The van der Waals surface area contributed by atoms with Gasteiger partial charge in [-0.3, -0.25) is 28.9 Å². The van der Waals surface area contributed by atoms with Gasteiger partial charge in [-0.1, -0.05) is 5.16 Å². The third kappa shape index (κ3) is 7.06. The fraction of sp³-hybridized carbons (Fsp3) is 0.455. The van der Waals surface area contributed by atoms with Crippen molar-refractivity contribution in [3.8, 4) is 0 Å². The highest BCUT2D eigenvalue weighted by Crippen LogP contribution is 2.40. The molecule has 3 heterocycles. The third-order valence-corrected chi connectivity index (χ3v) is 7.68. The molecule has 0 saturated carbocycles. The first-order valence-electron chi connectivity index (χ1n) is 11.6. The van der Waals surface area contributed by atoms with Gasteiger partial charge in [-0.05, 0) is 12.8 Å². The van der Waals surface area contributed by atoms with E-state index < -0.39 is 53.1 Å². The summed E-state index contributed by atoms with van der Waals surface area (Å²) in [5.74, 6) is -5.35. The Hall–Kier alpha value is -4.19. The summed E-state index contributed by atoms with van der Waals surface area (Å²) < 4.78 is 4.90. The average molecular weight is 599 g/mol. The second-order valence-corrected chi connectivity index (χ2v) is 10.4. The number of carboxylic acids is 2. The number of hydrogen-bond donors (Lipinski definition) is 5. The van der Waals surface area contributed by atoms with E-state index in [9.17, 15) is 33.9 Å². The third-order valence-electron chi connectivity index (χ3n) is 5.66. The number of β-lactam (4-membered cyclic amide) rings is 1. The van der Waals surface area contributed by atoms with E-state index in [2.05, 4.69) is 20.8 Å². The smallest absolute Gasteiger partial charge is 0.352 e. The second kappa shape index (κ2) is 13.2. The number of nitrogens with two attached hydrogens (primary N) is 1. The number of rotatable bonds is 13. The Balaban J connectivity index is 1.76. The Labute approximate surface area is 234 Å². The average Bonchev–Trinajstić information content (AvgIpc) is 3.32. The van der Waals surface area contributed by atoms with Gasteiger partial charge in [-0.2, -0.15) is 0 Å². The molecule has 1 fully saturated rings. The van der Waals surface area contributed by atoms with Crippen molar-refractivity contribution in [1.82, 2.24) is 20.5 Å². The lowest BCUT2D eigenvalue weighted by Crippen LogP contribution is -2.71. The highest BCUT2D eigenvalue weighted by molar-refractivity contribution is 8.00. The molecule has 40 heavy (non-hydrogen) atoms. The zero-order chi connectivity index (χ0) is 29.6. The van der Waals surface area contributed by atoms with Gasteiger partial charge in [0.1, 0.15) is 42.6 Å². The van der Waals surface area contributed by atoms with Gasteiger partial charge in [-0.25, -0.2) is 9.78 Å². The summed E-state index contributed by atoms with van der Waals surface area (Å²) in [5.41, 5.74) is 5.34. The first-order chi connectivity index (χ1) is 18.9. The summed E-state index contributed by atoms with van der Waals surface area (Å²) in [5, 5.41) is 28.2. The first kappa shape index (κ1) is 30.4. The van der Waals surface area contributed by atoms with Gasteiger partial charge < -0.3 is 36.2 Å². The minimum atomic E-state index is -1.39. The maximum atomic E-state index is 13.2. The molecule has 6 N–H and O–H groups in total. The predicted octanol–water partition coefficient (Wildman–Crippen LogP) is -0.883. The standard InChI is InChI=1S/C22H26N6O10S2/c1-9(29)38-6-10-7-39-20-15(19(34)28(20)16(10)21(35)36)26-17(32)11(4-3-5-13(30)31)24-18(33)14(27-37-2)12-8-40-22(23)25-12/h8,11,15,20H,3-7H2,1-2H3,(H2,23,25)(H,24,33)(H,26,32)(H,30,31)(H,35,36)/b27-14-/t11-,15-,20-/m1/s1. The molecule has 3 atom stereocenters. The molecule has 0 spiro atoms. The van der Waals surface area contributed by atoms with Gasteiger partial charge in [0, 0.05) is 30.1 Å². The number of amides is 3. The number of fused-ring (bicyclic) bond motifs is 1. The molecule has 0 aliphatic carbocycles. The van der Waals surface area contributed by atoms with E-state index in [4.69, 9.17) is 20.4 Å². The fourth-order valence-electron chi connectivity index (χ4n) is 3.88. The van der Waals surface area contributed by atoms with Crippen LogP contribution >= 0.6 is 23.1 Å². The van der Waals surface area contributed by atoms with Crippen molar-refractivity contribution in [3.05, 3.63) is 22.3 Å². The number of carboxylic acid groups (broad SMARTS) is 2. The lowest BCUT2D eigenvalue weighted by molar-refractivity contribution is -0.151. The summed E-state index contributed by atoms with van der Waals surface area (Å²) in [6.07, 6.45) is -0.366. The molecule has 1 saturated heterocycles. The van der Waals surface area contributed by atoms with Gasteiger partial charge in [0.15, 0.2) is 10.8 Å². The number of esters is 1. The zero-order valence-electron chi connectivity index (χ0n) is 21.2. The zero-order valence-corrected chi connectivity index (χ0v) is 22.9. The van der Waals surface area contributed by atoms with Crippen molar-refractivity contribution in [2.45, 2.75) is 43.6 Å². The number of anilines is 1. The van der Waals surface area contributed by atoms with Gasteiger partial charge in [0.05, 0.1) is 0 Å². The Bertz CT molecular complexity index is 1280. The number of carbonyl (C=O) groups excluding carboxylic acids is 4. The molecule has 0 unspecified atom stereocenters. The Morgan fingerprint density at radius 3 is 2.60 bits per heavy atom. The molecule has 18 heteroatoms. The van der Waals surface area contributed by atoms with Crippen LogP contribution in [-0.2, 0) is 38.3 Å². The van der Waals surface area contributed by atoms with Gasteiger partial charge in [0.2, 0.25) is 5.91 Å². The van der Waals surface area contributed by atoms with E-state index in [0.717, 1.165) is 28.0 Å². The molecular formula is C22H26N6O10S2. The number of nitrogen functional groups attached to an aromatic ring is 1. The van der Waals surface area contributed by atoms with Crippen LogP contribution in [-0.4, -0.2) is 98.4 Å². The maximum absolute atomic E-state index is 13.2. The van der Waals surface area contributed by atoms with Gasteiger partial charge in [0.25, 0.3) is 11.8 Å². The summed E-state index contributed by atoms with van der Waals surface area (Å²) in [7, 11) is 1.20. The molecule has 216 valence electrons. The molecule has 3 rings (SSSR count). The summed E-state index contributed by atoms with van der Waals surface area (Å²) in [4.78, 5) is 82.9. The van der Waals surface area contributed by atoms with Crippen LogP contribution in [0.1, 0.15) is 31.9 Å². The van der Waals surface area contributed by atoms with Crippen molar-refractivity contribution < 1.29 is 48.6 Å². The molecule has 1 aromatic rings. The number of carbonyl (C=O) groups is 6. The van der Waals surface area contributed by atoms with Crippen LogP contribution in [0.25, 0.3) is 0 Å². The lowest BCUT2D eigenvalue weighted by Gasteiger charge is -2.49. The summed E-state index contributed by atoms with van der Waals surface area (Å²) >= 11 is 2.21. The normalized spacial score (nSPS) is 19.2. The molecule has 2 aliphatic heterocycles. The van der Waals surface area contributed by atoms with E-state index in [1.165, 1.54) is 19.4 Å². The molecule has 0 aromatic carbocycles. The van der Waals surface area contributed by atoms with E-state index in [-0.39, 0.29) is 59.4 Å². The Morgan fingerprint density at radius 1 is 1.30 bits per heavy atom. The van der Waals surface area contributed by atoms with E-state index in [1.807, 2.05) is 0 Å². The molecule has 1 aromatic heterocycles. The lowest BCUT2D eigenvalue weighted by atomic mass is 10.0. The molecule has 0 bridgehead atoms. The maximum Gasteiger partial charge on any atom is 0.352 e. The molecule has 0 radical (unpaired) electrons. The van der Waals surface area contributed by atoms with Crippen molar-refractivity contribution in [2.75, 3.05) is 25.2 Å². The van der Waals surface area contributed by atoms with Crippen LogP contribution in [0.2, 0.25) is 0 Å². The van der Waals surface area contributed by atoms with Crippen molar-refractivity contribution in [1.29, 1.82) is 0 Å². The van der Waals surface area contributed by atoms with Gasteiger partial charge >= 0.3 is 17.9 Å². The van der Waals surface area contributed by atoms with Crippen molar-refractivity contribution >= 4 is 69.6 Å². The quantitative estimate of drug-likeness (QED) is 0.0803. The topological polar surface area (TPSA) is 240 Å². The molecule has 16 nitrogen and oxygen atoms in total. The Morgan fingerprint density at radius 2 is 2.02 bits per heavy atom. The molecular weight excluding hydrogens is 572 g/mol. The number of oxime groups is 1. The minimum absolute atomic E-state index is 0.0163. The SMILES string of the molecule is CO/N=C(\C(=O)N[C@H](CCCC(=O)O)C(=O)N[C@@H]1C(=O)N2C(C(=O)O)=C(COC(C)=O)CS[C@H]12)c1csc(N)n1. The summed E-state index contributed by atoms with van der Waals surface area (Å²) in [6, 6.07) is -2.40. The number of thiazole rings is 1. The number of nitrogens with one attached hydrogen (secondary N) is 2. The van der Waals surface area contributed by atoms with Crippen LogP contribution < -0.4 is 16.4 Å². The van der Waals surface area contributed by atoms with E-state index >= 15 is 0 Å². The Kier molecular flexibility index (Phi) is 10.1. The minimum Gasteiger partial charge on any atom is -0.481 e. The van der Waals surface area contributed by atoms with Crippen LogP contribution in [0.15, 0.2) is 21.8 Å². The van der Waals surface area contributed by atoms with E-state index in [1.54, 1.807) is 0 Å². The van der Waals surface area contributed by atoms with Crippen LogP contribution in [0, 0.1) is 0 Å². The number of ether oxygens (including phenoxy) is 1. The molecule has 2 aliphatic rings. The monoisotopic (exact) mass is 598 g/mol. The molecule has 3 amide bonds. The van der Waals surface area contributed by atoms with Crippen molar-refractivity contribution in [2.24, 2.45) is 5.16 Å². The largest absolute Gasteiger partial charge is 0.481 e. The summed E-state index contributed by atoms with van der Waals surface area (Å²) in [6.45, 7) is 0.868. The van der Waals surface area contributed by atoms with Gasteiger partial charge in [-0.15, -0.1) is 23.1 Å². The number of aromatic nitrogens is 1. The fourth-order valence-corrected chi connectivity index (χ4v) is 5.76. The highest BCUT2D eigenvalue weighted by Gasteiger charge is 2.54. The number of aliphatic carboxylic acids is 2. The second-order valence-electron chi connectivity index (χ2n) is 8.44. The highest BCUT2D eigenvalue weighted by atomic mass is 32.2. The van der Waals surface area contributed by atoms with Crippen LogP contribution in [0.3, 0.4) is 0 Å². The number of thioether (sulfide) groups is 1. The van der Waals surface area contributed by atoms with E-state index in [0.29, 0.717) is 0 Å². The first-order valence-corrected chi connectivity index (χ1v) is 13.6. The predicted molar refractivity (Wildman–Crippen MR) is 140 cm³/mol. The van der Waals surface area contributed by atoms with Crippen LogP contribution in [0.5, 0.6) is 0 Å². The number of hydrogen-bond acceptors (Lipinski definition) is 13. The van der Waals surface area contributed by atoms with Crippen molar-refractivity contribution in [3.63, 3.8) is 0 Å².